The minimum Gasteiger partial charge on any atom is -0.490 e. The van der Waals surface area contributed by atoms with Gasteiger partial charge in [-0.25, -0.2) is 0 Å². The quantitative estimate of drug-likeness (QED) is 0.584. The summed E-state index contributed by atoms with van der Waals surface area (Å²) in [6, 6.07) is 14.9. The third kappa shape index (κ3) is 2.55. The molecule has 2 aromatic carbocycles. The third-order valence-corrected chi connectivity index (χ3v) is 4.37. The Morgan fingerprint density at radius 2 is 1.92 bits per heavy atom. The molecule has 24 heavy (non-hydrogen) atoms. The van der Waals surface area contributed by atoms with Crippen molar-refractivity contribution in [3.8, 4) is 17.6 Å². The average molecular weight is 336 g/mol. The molecule has 3 nitrogen and oxygen atoms in total. The van der Waals surface area contributed by atoms with E-state index in [-0.39, 0.29) is 5.56 Å². The van der Waals surface area contributed by atoms with Crippen molar-refractivity contribution < 1.29 is 4.74 Å². The molecule has 0 saturated carbocycles. The van der Waals surface area contributed by atoms with Crippen molar-refractivity contribution in [2.24, 2.45) is 0 Å². The third-order valence-electron chi connectivity index (χ3n) is 4.06. The second kappa shape index (κ2) is 6.07. The van der Waals surface area contributed by atoms with E-state index in [4.69, 9.17) is 16.3 Å². The second-order valence-electron chi connectivity index (χ2n) is 5.64. The minimum atomic E-state index is -0.0431. The van der Waals surface area contributed by atoms with E-state index >= 15 is 0 Å². The highest BCUT2D eigenvalue weighted by Crippen LogP contribution is 2.35. The molecule has 0 atom stereocenters. The first kappa shape index (κ1) is 14.9. The van der Waals surface area contributed by atoms with Gasteiger partial charge in [0, 0.05) is 23.6 Å². The van der Waals surface area contributed by atoms with Crippen molar-refractivity contribution in [2.75, 3.05) is 6.61 Å². The molecule has 0 spiro atoms. The number of hydrogen-bond acceptors (Lipinski definition) is 2. The van der Waals surface area contributed by atoms with Crippen LogP contribution in [0.1, 0.15) is 17.5 Å². The lowest BCUT2D eigenvalue weighted by Gasteiger charge is -2.12. The molecule has 118 valence electrons. The molecule has 0 saturated heterocycles. The van der Waals surface area contributed by atoms with Gasteiger partial charge in [0.05, 0.1) is 22.7 Å². The van der Waals surface area contributed by atoms with Crippen LogP contribution in [0.25, 0.3) is 10.9 Å². The summed E-state index contributed by atoms with van der Waals surface area (Å²) < 4.78 is 7.66. The van der Waals surface area contributed by atoms with Gasteiger partial charge in [0.15, 0.2) is 5.75 Å². The maximum Gasteiger partial charge on any atom is 0.251 e. The lowest BCUT2D eigenvalue weighted by atomic mass is 10.1. The van der Waals surface area contributed by atoms with Crippen molar-refractivity contribution in [1.82, 2.24) is 4.57 Å². The van der Waals surface area contributed by atoms with Crippen LogP contribution in [-0.2, 0) is 6.54 Å². The Bertz CT molecular complexity index is 1040. The molecule has 2 heterocycles. The molecule has 0 aliphatic carbocycles. The van der Waals surface area contributed by atoms with E-state index in [1.165, 1.54) is 0 Å². The first-order valence-corrected chi connectivity index (χ1v) is 8.18. The smallest absolute Gasteiger partial charge is 0.251 e. The monoisotopic (exact) mass is 335 g/mol. The highest BCUT2D eigenvalue weighted by molar-refractivity contribution is 6.35. The molecular weight excluding hydrogens is 322 g/mol. The van der Waals surface area contributed by atoms with Crippen LogP contribution in [0.2, 0.25) is 5.02 Å². The number of pyridine rings is 1. The van der Waals surface area contributed by atoms with Crippen molar-refractivity contribution in [2.45, 2.75) is 13.0 Å². The number of rotatable bonds is 0. The maximum atomic E-state index is 12.2. The van der Waals surface area contributed by atoms with Crippen LogP contribution < -0.4 is 10.3 Å². The number of aryl methyl sites for hydroxylation is 1. The van der Waals surface area contributed by atoms with Crippen molar-refractivity contribution in [1.29, 1.82) is 0 Å². The predicted molar refractivity (Wildman–Crippen MR) is 95.8 cm³/mol. The Labute approximate surface area is 144 Å². The zero-order chi connectivity index (χ0) is 16.5. The number of ether oxygens (including phenoxy) is 1. The van der Waals surface area contributed by atoms with Crippen LogP contribution in [0.15, 0.2) is 53.3 Å². The normalized spacial score (nSPS) is 12.9. The van der Waals surface area contributed by atoms with Crippen molar-refractivity contribution in [3.63, 3.8) is 0 Å². The fourth-order valence-corrected chi connectivity index (χ4v) is 3.19. The largest absolute Gasteiger partial charge is 0.490 e. The summed E-state index contributed by atoms with van der Waals surface area (Å²) in [4.78, 5) is 12.2. The Hall–Kier alpha value is -2.70. The first-order valence-electron chi connectivity index (χ1n) is 7.80. The van der Waals surface area contributed by atoms with E-state index in [1.54, 1.807) is 16.7 Å². The number of benzene rings is 2. The van der Waals surface area contributed by atoms with Crippen LogP contribution in [-0.4, -0.2) is 11.2 Å². The Morgan fingerprint density at radius 3 is 2.75 bits per heavy atom. The number of nitrogens with zero attached hydrogens (tertiary/aromatic N) is 1. The van der Waals surface area contributed by atoms with Crippen molar-refractivity contribution in [3.05, 3.63) is 75.0 Å². The van der Waals surface area contributed by atoms with Gasteiger partial charge in [0.2, 0.25) is 0 Å². The topological polar surface area (TPSA) is 31.2 Å². The van der Waals surface area contributed by atoms with Crippen molar-refractivity contribution >= 4 is 22.5 Å². The number of aromatic nitrogens is 1. The van der Waals surface area contributed by atoms with E-state index in [1.807, 2.05) is 36.4 Å². The second-order valence-corrected chi connectivity index (χ2v) is 6.05. The van der Waals surface area contributed by atoms with Gasteiger partial charge < -0.3 is 9.30 Å². The molecule has 0 radical (unpaired) electrons. The lowest BCUT2D eigenvalue weighted by Crippen LogP contribution is -2.18. The van der Waals surface area contributed by atoms with E-state index in [2.05, 4.69) is 11.8 Å². The molecule has 1 aromatic heterocycles. The van der Waals surface area contributed by atoms with Gasteiger partial charge in [0.1, 0.15) is 0 Å². The van der Waals surface area contributed by atoms with Crippen LogP contribution in [0.3, 0.4) is 0 Å². The molecule has 4 rings (SSSR count). The summed E-state index contributed by atoms with van der Waals surface area (Å²) in [5, 5.41) is 1.39. The molecular formula is C20H14ClNO2. The standard InChI is InChI=1S/C20H14ClNO2/c21-17-13-15(8-7-14-5-2-1-3-6-14)20-19-16(17)9-10-18(23)22(19)11-4-12-24-20/h1-3,5-6,9-10,13H,4,11-12H2. The van der Waals surface area contributed by atoms with Gasteiger partial charge >= 0.3 is 0 Å². The Balaban J connectivity index is 1.99. The highest BCUT2D eigenvalue weighted by atomic mass is 35.5. The molecule has 0 N–H and O–H groups in total. The molecule has 0 amide bonds. The SMILES string of the molecule is O=c1ccc2c(Cl)cc(C#Cc3ccccc3)c3c2n1CCCO3. The number of halogens is 1. The van der Waals surface area contributed by atoms with E-state index in [0.717, 1.165) is 22.9 Å². The maximum absolute atomic E-state index is 12.2. The molecule has 1 aliphatic rings. The van der Waals surface area contributed by atoms with Gasteiger partial charge in [-0.05, 0) is 30.7 Å². The van der Waals surface area contributed by atoms with E-state index in [0.29, 0.717) is 29.5 Å². The molecule has 0 unspecified atom stereocenters. The zero-order valence-corrected chi connectivity index (χ0v) is 13.6. The summed E-state index contributed by atoms with van der Waals surface area (Å²) in [7, 11) is 0. The van der Waals surface area contributed by atoms with Gasteiger partial charge in [-0.2, -0.15) is 0 Å². The van der Waals surface area contributed by atoms with Crippen LogP contribution in [0.5, 0.6) is 5.75 Å². The molecule has 4 heteroatoms. The molecule has 0 bridgehead atoms. The Morgan fingerprint density at radius 1 is 1.08 bits per heavy atom. The highest BCUT2D eigenvalue weighted by Gasteiger charge is 2.18. The fourth-order valence-electron chi connectivity index (χ4n) is 2.93. The van der Waals surface area contributed by atoms with Gasteiger partial charge in [0.25, 0.3) is 5.56 Å². The lowest BCUT2D eigenvalue weighted by molar-refractivity contribution is 0.315. The average Bonchev–Trinajstić information content (AvgIpc) is 2.83. The molecule has 1 aliphatic heterocycles. The van der Waals surface area contributed by atoms with Crippen LogP contribution >= 0.6 is 11.6 Å². The zero-order valence-electron chi connectivity index (χ0n) is 12.9. The van der Waals surface area contributed by atoms with E-state index in [9.17, 15) is 4.79 Å². The number of hydrogen-bond donors (Lipinski definition) is 0. The van der Waals surface area contributed by atoms with Crippen LogP contribution in [0.4, 0.5) is 0 Å². The van der Waals surface area contributed by atoms with E-state index < -0.39 is 0 Å². The first-order chi connectivity index (χ1) is 11.7. The van der Waals surface area contributed by atoms with Gasteiger partial charge in [-0.1, -0.05) is 41.6 Å². The van der Waals surface area contributed by atoms with Gasteiger partial charge in [-0.15, -0.1) is 0 Å². The predicted octanol–water partition coefficient (Wildman–Crippen LogP) is 3.84. The minimum absolute atomic E-state index is 0.0431. The molecule has 3 aromatic rings. The summed E-state index contributed by atoms with van der Waals surface area (Å²) in [5.74, 6) is 6.92. The summed E-state index contributed by atoms with van der Waals surface area (Å²) in [5.41, 5.74) is 2.32. The Kier molecular flexibility index (Phi) is 3.76. The summed E-state index contributed by atoms with van der Waals surface area (Å²) in [6.07, 6.45) is 0.775. The fraction of sp³-hybridized carbons (Fsp3) is 0.150. The summed E-state index contributed by atoms with van der Waals surface area (Å²) >= 11 is 6.44. The summed E-state index contributed by atoms with van der Waals surface area (Å²) in [6.45, 7) is 1.17. The van der Waals surface area contributed by atoms with Gasteiger partial charge in [-0.3, -0.25) is 4.79 Å². The molecule has 0 fully saturated rings. The van der Waals surface area contributed by atoms with Crippen LogP contribution in [0, 0.1) is 11.8 Å².